The van der Waals surface area contributed by atoms with Crippen molar-refractivity contribution in [3.63, 3.8) is 0 Å². The molecule has 1 aliphatic heterocycles. The molecule has 1 aromatic carbocycles. The van der Waals surface area contributed by atoms with Gasteiger partial charge in [-0.1, -0.05) is 6.07 Å². The summed E-state index contributed by atoms with van der Waals surface area (Å²) in [7, 11) is 3.03. The van der Waals surface area contributed by atoms with Gasteiger partial charge >= 0.3 is 6.18 Å². The summed E-state index contributed by atoms with van der Waals surface area (Å²) in [5.74, 6) is 1.94. The van der Waals surface area contributed by atoms with Crippen LogP contribution in [-0.2, 0) is 6.54 Å². The van der Waals surface area contributed by atoms with Crippen molar-refractivity contribution in [3.8, 4) is 11.5 Å². The van der Waals surface area contributed by atoms with Crippen LogP contribution < -0.4 is 20.1 Å². The zero-order chi connectivity index (χ0) is 17.6. The molecule has 6 nitrogen and oxygen atoms in total. The van der Waals surface area contributed by atoms with Crippen molar-refractivity contribution in [1.29, 1.82) is 0 Å². The van der Waals surface area contributed by atoms with Gasteiger partial charge in [0.1, 0.15) is 0 Å². The third kappa shape index (κ3) is 7.55. The lowest BCUT2D eigenvalue weighted by Crippen LogP contribution is -2.42. The Morgan fingerprint density at radius 3 is 2.64 bits per heavy atom. The lowest BCUT2D eigenvalue weighted by molar-refractivity contribution is -0.142. The van der Waals surface area contributed by atoms with E-state index in [1.54, 1.807) is 7.05 Å². The molecule has 2 N–H and O–H groups in total. The Balaban J connectivity index is 0.00000312. The highest BCUT2D eigenvalue weighted by Gasteiger charge is 2.28. The number of aliphatic imine (C=N–C) groups is 1. The molecule has 10 heteroatoms. The molecule has 0 unspecified atom stereocenters. The monoisotopic (exact) mass is 474 g/mol. The van der Waals surface area contributed by atoms with E-state index in [0.29, 0.717) is 30.5 Å². The maximum atomic E-state index is 12.2. The van der Waals surface area contributed by atoms with Crippen molar-refractivity contribution < 1.29 is 22.6 Å². The number of nitrogens with zero attached hydrogens (tertiary/aromatic N) is 2. The van der Waals surface area contributed by atoms with E-state index in [1.807, 2.05) is 18.2 Å². The number of guanidine groups is 1. The predicted octanol–water partition coefficient (Wildman–Crippen LogP) is 2.19. The van der Waals surface area contributed by atoms with Gasteiger partial charge in [-0.05, 0) is 24.7 Å². The molecule has 25 heavy (non-hydrogen) atoms. The van der Waals surface area contributed by atoms with Crippen molar-refractivity contribution in [2.45, 2.75) is 12.7 Å². The van der Waals surface area contributed by atoms with Crippen LogP contribution in [-0.4, -0.2) is 57.6 Å². The van der Waals surface area contributed by atoms with Gasteiger partial charge in [0, 0.05) is 26.7 Å². The maximum absolute atomic E-state index is 12.2. The largest absolute Gasteiger partial charge is 0.454 e. The Kier molecular flexibility index (Phi) is 8.56. The smallest absolute Gasteiger partial charge is 0.401 e. The Morgan fingerprint density at radius 2 is 1.96 bits per heavy atom. The number of hydrogen-bond donors (Lipinski definition) is 2. The summed E-state index contributed by atoms with van der Waals surface area (Å²) in [6, 6.07) is 5.62. The molecular weight excluding hydrogens is 452 g/mol. The number of fused-ring (bicyclic) bond motifs is 1. The highest BCUT2D eigenvalue weighted by atomic mass is 127. The van der Waals surface area contributed by atoms with E-state index in [-0.39, 0.29) is 37.3 Å². The second-order valence-corrected chi connectivity index (χ2v) is 5.39. The Morgan fingerprint density at radius 1 is 1.24 bits per heavy atom. The highest BCUT2D eigenvalue weighted by molar-refractivity contribution is 14.0. The minimum Gasteiger partial charge on any atom is -0.454 e. The molecule has 0 fully saturated rings. The van der Waals surface area contributed by atoms with Crippen LogP contribution in [0.3, 0.4) is 0 Å². The van der Waals surface area contributed by atoms with E-state index in [0.717, 1.165) is 5.56 Å². The molecule has 0 spiro atoms. The molecule has 1 heterocycles. The number of ether oxygens (including phenoxy) is 2. The van der Waals surface area contributed by atoms with Crippen LogP contribution in [0, 0.1) is 0 Å². The lowest BCUT2D eigenvalue weighted by atomic mass is 10.2. The van der Waals surface area contributed by atoms with E-state index in [2.05, 4.69) is 15.6 Å². The molecule has 0 saturated heterocycles. The summed E-state index contributed by atoms with van der Waals surface area (Å²) < 4.78 is 47.3. The molecule has 0 atom stereocenters. The number of likely N-dealkylation sites (N-methyl/N-ethyl adjacent to an activating group) is 1. The summed E-state index contributed by atoms with van der Waals surface area (Å²) in [6.07, 6.45) is -4.19. The average Bonchev–Trinajstić information content (AvgIpc) is 2.96. The lowest BCUT2D eigenvalue weighted by Gasteiger charge is -2.19. The number of rotatable bonds is 6. The zero-order valence-electron chi connectivity index (χ0n) is 14.0. The molecule has 1 aromatic rings. The number of benzene rings is 1. The number of hydrogen-bond acceptors (Lipinski definition) is 4. The summed E-state index contributed by atoms with van der Waals surface area (Å²) in [6.45, 7) is 0.408. The van der Waals surface area contributed by atoms with Crippen LogP contribution in [0.5, 0.6) is 11.5 Å². The van der Waals surface area contributed by atoms with Crippen molar-refractivity contribution >= 4 is 29.9 Å². The average molecular weight is 474 g/mol. The van der Waals surface area contributed by atoms with Gasteiger partial charge in [-0.2, -0.15) is 13.2 Å². The van der Waals surface area contributed by atoms with Gasteiger partial charge < -0.3 is 20.1 Å². The molecular formula is C15H22F3IN4O2. The van der Waals surface area contributed by atoms with Gasteiger partial charge in [-0.3, -0.25) is 9.89 Å². The van der Waals surface area contributed by atoms with Gasteiger partial charge in [0.2, 0.25) is 6.79 Å². The number of halogens is 4. The zero-order valence-corrected chi connectivity index (χ0v) is 16.4. The van der Waals surface area contributed by atoms with Crippen molar-refractivity contribution in [3.05, 3.63) is 23.8 Å². The SMILES string of the molecule is CN=C(NCCN(C)CC(F)(F)F)NCc1ccc2c(c1)OCO2.I. The molecule has 1 aliphatic rings. The highest BCUT2D eigenvalue weighted by Crippen LogP contribution is 2.32. The predicted molar refractivity (Wildman–Crippen MR) is 99.7 cm³/mol. The normalized spacial score (nSPS) is 13.6. The quantitative estimate of drug-likeness (QED) is 0.376. The molecule has 2 rings (SSSR count). The Bertz CT molecular complexity index is 584. The van der Waals surface area contributed by atoms with Crippen LogP contribution in [0.4, 0.5) is 13.2 Å². The second kappa shape index (κ2) is 9.90. The Labute approximate surface area is 161 Å². The minimum absolute atomic E-state index is 0. The van der Waals surface area contributed by atoms with Crippen molar-refractivity contribution in [1.82, 2.24) is 15.5 Å². The van der Waals surface area contributed by atoms with E-state index in [9.17, 15) is 13.2 Å². The molecule has 0 amide bonds. The molecule has 0 bridgehead atoms. The summed E-state index contributed by atoms with van der Waals surface area (Å²) in [5.41, 5.74) is 0.983. The van der Waals surface area contributed by atoms with Gasteiger partial charge in [-0.15, -0.1) is 24.0 Å². The van der Waals surface area contributed by atoms with Crippen LogP contribution in [0.15, 0.2) is 23.2 Å². The first kappa shape index (κ1) is 21.6. The van der Waals surface area contributed by atoms with Crippen LogP contribution in [0.25, 0.3) is 0 Å². The first-order valence-corrected chi connectivity index (χ1v) is 7.46. The fourth-order valence-electron chi connectivity index (χ4n) is 2.21. The standard InChI is InChI=1S/C15H21F3N4O2.HI/c1-19-14(20-5-6-22(2)9-15(16,17)18)21-8-11-3-4-12-13(7-11)24-10-23-12;/h3-4,7H,5-6,8-10H2,1-2H3,(H2,19,20,21);1H. The van der Waals surface area contributed by atoms with Gasteiger partial charge in [-0.25, -0.2) is 0 Å². The third-order valence-electron chi connectivity index (χ3n) is 3.36. The summed E-state index contributed by atoms with van der Waals surface area (Å²) in [5, 5.41) is 6.08. The summed E-state index contributed by atoms with van der Waals surface area (Å²) >= 11 is 0. The van der Waals surface area contributed by atoms with Crippen LogP contribution >= 0.6 is 24.0 Å². The van der Waals surface area contributed by atoms with Gasteiger partial charge in [0.15, 0.2) is 17.5 Å². The molecule has 0 aliphatic carbocycles. The maximum Gasteiger partial charge on any atom is 0.401 e. The first-order chi connectivity index (χ1) is 11.4. The fraction of sp³-hybridized carbons (Fsp3) is 0.533. The Hall–Kier alpha value is -1.43. The van der Waals surface area contributed by atoms with Gasteiger partial charge in [0.05, 0.1) is 6.54 Å². The molecule has 142 valence electrons. The topological polar surface area (TPSA) is 58.1 Å². The molecule has 0 radical (unpaired) electrons. The second-order valence-electron chi connectivity index (χ2n) is 5.39. The van der Waals surface area contributed by atoms with E-state index < -0.39 is 12.7 Å². The molecule has 0 saturated carbocycles. The minimum atomic E-state index is -4.19. The van der Waals surface area contributed by atoms with Gasteiger partial charge in [0.25, 0.3) is 0 Å². The van der Waals surface area contributed by atoms with Crippen molar-refractivity contribution in [2.75, 3.05) is 40.5 Å². The van der Waals surface area contributed by atoms with E-state index >= 15 is 0 Å². The number of nitrogens with one attached hydrogen (secondary N) is 2. The van der Waals surface area contributed by atoms with E-state index in [1.165, 1.54) is 11.9 Å². The van der Waals surface area contributed by atoms with Crippen LogP contribution in [0.2, 0.25) is 0 Å². The number of alkyl halides is 3. The summed E-state index contributed by atoms with van der Waals surface area (Å²) in [4.78, 5) is 5.25. The third-order valence-corrected chi connectivity index (χ3v) is 3.36. The van der Waals surface area contributed by atoms with Crippen LogP contribution in [0.1, 0.15) is 5.56 Å². The fourth-order valence-corrected chi connectivity index (χ4v) is 2.21. The molecule has 0 aromatic heterocycles. The van der Waals surface area contributed by atoms with Crippen molar-refractivity contribution in [2.24, 2.45) is 4.99 Å². The van der Waals surface area contributed by atoms with E-state index in [4.69, 9.17) is 9.47 Å². The first-order valence-electron chi connectivity index (χ1n) is 7.46.